The van der Waals surface area contributed by atoms with Gasteiger partial charge in [0.1, 0.15) is 12.3 Å². The predicted molar refractivity (Wildman–Crippen MR) is 132 cm³/mol. The number of hydrogen-bond acceptors (Lipinski definition) is 6. The van der Waals surface area contributed by atoms with E-state index in [1.54, 1.807) is 10.3 Å². The summed E-state index contributed by atoms with van der Waals surface area (Å²) in [5.74, 6) is -1.83. The van der Waals surface area contributed by atoms with Crippen molar-refractivity contribution >= 4 is 34.4 Å². The molecule has 1 aromatic heterocycles. The normalized spacial score (nSPS) is 18.7. The Morgan fingerprint density at radius 3 is 2.40 bits per heavy atom. The molecule has 2 aliphatic rings. The van der Waals surface area contributed by atoms with E-state index in [0.29, 0.717) is 19.4 Å². The van der Waals surface area contributed by atoms with Gasteiger partial charge in [-0.05, 0) is 35.1 Å². The number of ether oxygens (including phenoxy) is 1. The fourth-order valence-corrected chi connectivity index (χ4v) is 5.87. The number of carboxylic acid groups (broad SMARTS) is 1. The third kappa shape index (κ3) is 4.27. The summed E-state index contributed by atoms with van der Waals surface area (Å²) in [4.78, 5) is 42.8. The first-order valence-electron chi connectivity index (χ1n) is 11.6. The summed E-state index contributed by atoms with van der Waals surface area (Å²) in [5.41, 5.74) is 4.74. The molecule has 180 valence electrons. The minimum absolute atomic E-state index is 0.0510. The SMILES string of the molecule is CCC1C(C(=O)O)CCN1C(=O)c1csc(NC(=O)OCC2c3ccccc3-c3ccccc32)n1. The molecule has 0 saturated carbocycles. The van der Waals surface area contributed by atoms with Crippen molar-refractivity contribution in [1.82, 2.24) is 9.88 Å². The number of amides is 2. The molecule has 1 fully saturated rings. The maximum atomic E-state index is 13.0. The first-order chi connectivity index (χ1) is 17.0. The van der Waals surface area contributed by atoms with Crippen LogP contribution in [0.15, 0.2) is 53.9 Å². The van der Waals surface area contributed by atoms with Crippen LogP contribution in [-0.2, 0) is 9.53 Å². The van der Waals surface area contributed by atoms with Gasteiger partial charge < -0.3 is 14.7 Å². The monoisotopic (exact) mass is 491 g/mol. The van der Waals surface area contributed by atoms with E-state index in [4.69, 9.17) is 4.74 Å². The van der Waals surface area contributed by atoms with Gasteiger partial charge in [0.15, 0.2) is 5.13 Å². The summed E-state index contributed by atoms with van der Waals surface area (Å²) in [6.45, 7) is 2.43. The summed E-state index contributed by atoms with van der Waals surface area (Å²) in [6, 6.07) is 15.9. The summed E-state index contributed by atoms with van der Waals surface area (Å²) < 4.78 is 5.54. The van der Waals surface area contributed by atoms with Crippen molar-refractivity contribution in [3.05, 3.63) is 70.7 Å². The van der Waals surface area contributed by atoms with E-state index in [1.165, 1.54) is 0 Å². The Bertz CT molecular complexity index is 1240. The molecule has 0 spiro atoms. The Balaban J connectivity index is 1.22. The highest BCUT2D eigenvalue weighted by molar-refractivity contribution is 7.14. The molecule has 8 nitrogen and oxygen atoms in total. The van der Waals surface area contributed by atoms with E-state index < -0.39 is 18.0 Å². The van der Waals surface area contributed by atoms with E-state index >= 15 is 0 Å². The average Bonchev–Trinajstić information content (AvgIpc) is 3.58. The van der Waals surface area contributed by atoms with Gasteiger partial charge in [-0.2, -0.15) is 0 Å². The highest BCUT2D eigenvalue weighted by Gasteiger charge is 2.40. The van der Waals surface area contributed by atoms with Gasteiger partial charge in [0.05, 0.1) is 5.92 Å². The number of fused-ring (bicyclic) bond motifs is 3. The van der Waals surface area contributed by atoms with Gasteiger partial charge in [-0.15, -0.1) is 11.3 Å². The molecule has 9 heteroatoms. The van der Waals surface area contributed by atoms with Gasteiger partial charge in [-0.3, -0.25) is 14.9 Å². The Morgan fingerprint density at radius 1 is 1.11 bits per heavy atom. The average molecular weight is 492 g/mol. The molecular weight excluding hydrogens is 466 g/mol. The van der Waals surface area contributed by atoms with Crippen LogP contribution in [0.1, 0.15) is 47.3 Å². The van der Waals surface area contributed by atoms with Crippen molar-refractivity contribution < 1.29 is 24.2 Å². The number of likely N-dealkylation sites (tertiary alicyclic amines) is 1. The van der Waals surface area contributed by atoms with Crippen LogP contribution in [0.3, 0.4) is 0 Å². The highest BCUT2D eigenvalue weighted by Crippen LogP contribution is 2.44. The quantitative estimate of drug-likeness (QED) is 0.511. The Labute approximate surface area is 206 Å². The fraction of sp³-hybridized carbons (Fsp3) is 0.308. The highest BCUT2D eigenvalue weighted by atomic mass is 32.1. The number of nitrogens with one attached hydrogen (secondary N) is 1. The van der Waals surface area contributed by atoms with Crippen LogP contribution in [0, 0.1) is 5.92 Å². The topological polar surface area (TPSA) is 109 Å². The maximum Gasteiger partial charge on any atom is 0.413 e. The Morgan fingerprint density at radius 2 is 1.77 bits per heavy atom. The number of aliphatic carboxylic acids is 1. The molecule has 1 saturated heterocycles. The van der Waals surface area contributed by atoms with Crippen LogP contribution in [0.5, 0.6) is 0 Å². The summed E-state index contributed by atoms with van der Waals surface area (Å²) in [6.07, 6.45) is 0.338. The number of anilines is 1. The van der Waals surface area contributed by atoms with Crippen LogP contribution in [0.25, 0.3) is 11.1 Å². The van der Waals surface area contributed by atoms with Crippen molar-refractivity contribution in [2.24, 2.45) is 5.92 Å². The lowest BCUT2D eigenvalue weighted by Gasteiger charge is -2.24. The van der Waals surface area contributed by atoms with E-state index in [9.17, 15) is 19.5 Å². The predicted octanol–water partition coefficient (Wildman–Crippen LogP) is 4.83. The molecular formula is C26H25N3O5S. The molecule has 2 N–H and O–H groups in total. The number of benzene rings is 2. The maximum absolute atomic E-state index is 13.0. The molecule has 2 heterocycles. The molecule has 35 heavy (non-hydrogen) atoms. The third-order valence-corrected chi connectivity index (χ3v) is 7.58. The number of nitrogens with zero attached hydrogens (tertiary/aromatic N) is 2. The van der Waals surface area contributed by atoms with Crippen molar-refractivity contribution in [2.75, 3.05) is 18.5 Å². The summed E-state index contributed by atoms with van der Waals surface area (Å²) in [5, 5.41) is 13.9. The second-order valence-corrected chi connectivity index (χ2v) is 9.55. The van der Waals surface area contributed by atoms with E-state index in [1.807, 2.05) is 31.2 Å². The van der Waals surface area contributed by atoms with E-state index in [0.717, 1.165) is 33.6 Å². The molecule has 1 aliphatic heterocycles. The fourth-order valence-electron chi connectivity index (χ4n) is 5.20. The summed E-state index contributed by atoms with van der Waals surface area (Å²) >= 11 is 1.13. The lowest BCUT2D eigenvalue weighted by atomic mass is 9.98. The van der Waals surface area contributed by atoms with E-state index in [-0.39, 0.29) is 35.3 Å². The van der Waals surface area contributed by atoms with Crippen LogP contribution in [0.4, 0.5) is 9.93 Å². The van der Waals surface area contributed by atoms with Gasteiger partial charge in [-0.25, -0.2) is 9.78 Å². The van der Waals surface area contributed by atoms with Gasteiger partial charge in [0.2, 0.25) is 0 Å². The van der Waals surface area contributed by atoms with E-state index in [2.05, 4.69) is 34.6 Å². The molecule has 2 unspecified atom stereocenters. The van der Waals surface area contributed by atoms with Gasteiger partial charge in [-0.1, -0.05) is 55.5 Å². The summed E-state index contributed by atoms with van der Waals surface area (Å²) in [7, 11) is 0. The number of hydrogen-bond donors (Lipinski definition) is 2. The molecule has 5 rings (SSSR count). The number of aromatic nitrogens is 1. The largest absolute Gasteiger partial charge is 0.481 e. The number of carbonyl (C=O) groups excluding carboxylic acids is 2. The first kappa shape index (κ1) is 23.0. The Hall–Kier alpha value is -3.72. The second kappa shape index (κ2) is 9.50. The molecule has 2 aromatic carbocycles. The third-order valence-electron chi connectivity index (χ3n) is 6.82. The molecule has 2 atom stereocenters. The molecule has 0 radical (unpaired) electrons. The van der Waals surface area contributed by atoms with Crippen LogP contribution < -0.4 is 5.32 Å². The van der Waals surface area contributed by atoms with Crippen LogP contribution >= 0.6 is 11.3 Å². The van der Waals surface area contributed by atoms with Crippen LogP contribution in [-0.4, -0.2) is 52.2 Å². The van der Waals surface area contributed by atoms with Crippen LogP contribution in [0.2, 0.25) is 0 Å². The van der Waals surface area contributed by atoms with Gasteiger partial charge in [0.25, 0.3) is 5.91 Å². The van der Waals surface area contributed by atoms with Crippen molar-refractivity contribution in [3.8, 4) is 11.1 Å². The molecule has 3 aromatic rings. The number of thiazole rings is 1. The lowest BCUT2D eigenvalue weighted by Crippen LogP contribution is -2.39. The second-order valence-electron chi connectivity index (χ2n) is 8.70. The first-order valence-corrected chi connectivity index (χ1v) is 12.5. The number of carbonyl (C=O) groups is 3. The minimum Gasteiger partial charge on any atom is -0.481 e. The molecule has 2 amide bonds. The zero-order valence-corrected chi connectivity index (χ0v) is 20.0. The van der Waals surface area contributed by atoms with Gasteiger partial charge in [0, 0.05) is 23.9 Å². The minimum atomic E-state index is -0.886. The smallest absolute Gasteiger partial charge is 0.413 e. The van der Waals surface area contributed by atoms with Gasteiger partial charge >= 0.3 is 12.1 Å². The zero-order chi connectivity index (χ0) is 24.5. The van der Waals surface area contributed by atoms with Crippen molar-refractivity contribution in [2.45, 2.75) is 31.7 Å². The standard InChI is InChI=1S/C26H25N3O5S/c1-2-22-19(24(31)32)11-12-29(22)23(30)21-14-35-25(27-21)28-26(33)34-13-20-17-9-5-3-7-15(17)16-8-4-6-10-18(16)20/h3-10,14,19-20,22H,2,11-13H2,1H3,(H,31,32)(H,27,28,33). The molecule has 1 aliphatic carbocycles. The number of carboxylic acids is 1. The van der Waals surface area contributed by atoms with Crippen molar-refractivity contribution in [3.63, 3.8) is 0 Å². The lowest BCUT2D eigenvalue weighted by molar-refractivity contribution is -0.142. The van der Waals surface area contributed by atoms with Crippen molar-refractivity contribution in [1.29, 1.82) is 0 Å². The number of rotatable bonds is 6. The zero-order valence-electron chi connectivity index (χ0n) is 19.1. The molecule has 0 bridgehead atoms. The Kier molecular flexibility index (Phi) is 6.25.